The van der Waals surface area contributed by atoms with Gasteiger partial charge in [0.1, 0.15) is 6.10 Å². The van der Waals surface area contributed by atoms with Crippen molar-refractivity contribution >= 4 is 0 Å². The summed E-state index contributed by atoms with van der Waals surface area (Å²) >= 11 is 0. The third kappa shape index (κ3) is 3.76. The molecule has 20 heavy (non-hydrogen) atoms. The minimum atomic E-state index is 0.0863. The normalized spacial score (nSPS) is 16.4. The van der Waals surface area contributed by atoms with Gasteiger partial charge >= 0.3 is 0 Å². The summed E-state index contributed by atoms with van der Waals surface area (Å²) in [7, 11) is 1.77. The maximum Gasteiger partial charge on any atom is 0.157 e. The number of rotatable bonds is 8. The Hall–Kier alpha value is -1.00. The lowest BCUT2D eigenvalue weighted by atomic mass is 10.1. The van der Waals surface area contributed by atoms with Crippen molar-refractivity contribution in [2.45, 2.75) is 52.6 Å². The van der Waals surface area contributed by atoms with Crippen LogP contribution in [0.1, 0.15) is 55.1 Å². The Balaban J connectivity index is 2.07. The second-order valence-electron chi connectivity index (χ2n) is 5.68. The summed E-state index contributed by atoms with van der Waals surface area (Å²) in [6, 6.07) is 0. The third-order valence-corrected chi connectivity index (χ3v) is 4.03. The molecule has 0 bridgehead atoms. The van der Waals surface area contributed by atoms with Gasteiger partial charge in [0.25, 0.3) is 0 Å². The summed E-state index contributed by atoms with van der Waals surface area (Å²) < 4.78 is 5.59. The number of aryl methyl sites for hydroxylation is 2. The molecule has 1 aliphatic carbocycles. The van der Waals surface area contributed by atoms with E-state index in [0.717, 1.165) is 43.1 Å². The van der Waals surface area contributed by atoms with Crippen LogP contribution in [0.2, 0.25) is 0 Å². The fourth-order valence-corrected chi connectivity index (χ4v) is 2.73. The first-order chi connectivity index (χ1) is 9.67. The number of nitrogens with one attached hydrogen (secondary N) is 1. The van der Waals surface area contributed by atoms with Crippen LogP contribution in [0.5, 0.6) is 0 Å². The highest BCUT2D eigenvalue weighted by Crippen LogP contribution is 2.42. The lowest BCUT2D eigenvalue weighted by molar-refractivity contribution is 0.0768. The molecule has 0 saturated heterocycles. The second kappa shape index (κ2) is 7.14. The Kier molecular flexibility index (Phi) is 5.49. The highest BCUT2D eigenvalue weighted by atomic mass is 16.5. The van der Waals surface area contributed by atoms with Crippen molar-refractivity contribution in [3.05, 3.63) is 22.8 Å². The number of methoxy groups -OCH3 is 1. The molecule has 4 heteroatoms. The molecule has 0 aliphatic heterocycles. The molecule has 0 radical (unpaired) electrons. The van der Waals surface area contributed by atoms with E-state index in [-0.39, 0.29) is 6.10 Å². The monoisotopic (exact) mass is 277 g/mol. The lowest BCUT2D eigenvalue weighted by Crippen LogP contribution is -2.16. The predicted octanol–water partition coefficient (Wildman–Crippen LogP) is 2.73. The van der Waals surface area contributed by atoms with Crippen molar-refractivity contribution < 1.29 is 4.74 Å². The minimum absolute atomic E-state index is 0.0863. The Morgan fingerprint density at radius 2 is 1.90 bits per heavy atom. The quantitative estimate of drug-likeness (QED) is 0.742. The van der Waals surface area contributed by atoms with Crippen LogP contribution in [0.4, 0.5) is 0 Å². The van der Waals surface area contributed by atoms with Gasteiger partial charge in [-0.1, -0.05) is 6.92 Å². The molecular weight excluding hydrogens is 250 g/mol. The first-order valence-electron chi connectivity index (χ1n) is 7.74. The molecule has 1 aromatic heterocycles. The zero-order valence-corrected chi connectivity index (χ0v) is 13.2. The third-order valence-electron chi connectivity index (χ3n) is 4.03. The van der Waals surface area contributed by atoms with Gasteiger partial charge in [0, 0.05) is 18.5 Å². The zero-order valence-electron chi connectivity index (χ0n) is 13.2. The maximum absolute atomic E-state index is 5.59. The minimum Gasteiger partial charge on any atom is -0.373 e. The fourth-order valence-electron chi connectivity index (χ4n) is 2.73. The first kappa shape index (κ1) is 15.4. The van der Waals surface area contributed by atoms with E-state index in [1.54, 1.807) is 7.11 Å². The molecule has 1 fully saturated rings. The standard InChI is InChI=1S/C16H27N3O/c1-5-17-10-6-7-14-11(2)18-16(19-12(14)3)15(20-4)13-8-9-13/h13,15,17H,5-10H2,1-4H3. The summed E-state index contributed by atoms with van der Waals surface area (Å²) in [6.45, 7) is 8.42. The Morgan fingerprint density at radius 3 is 2.40 bits per heavy atom. The molecule has 0 amide bonds. The smallest absolute Gasteiger partial charge is 0.157 e. The van der Waals surface area contributed by atoms with E-state index < -0.39 is 0 Å². The molecule has 1 saturated carbocycles. The summed E-state index contributed by atoms with van der Waals surface area (Å²) in [6.07, 6.45) is 4.75. The van der Waals surface area contributed by atoms with Gasteiger partial charge in [0.2, 0.25) is 0 Å². The average molecular weight is 277 g/mol. The van der Waals surface area contributed by atoms with Crippen LogP contribution in [0.25, 0.3) is 0 Å². The molecule has 1 aliphatic rings. The molecule has 4 nitrogen and oxygen atoms in total. The highest BCUT2D eigenvalue weighted by molar-refractivity contribution is 5.25. The van der Waals surface area contributed by atoms with Gasteiger partial charge in [0.05, 0.1) is 0 Å². The van der Waals surface area contributed by atoms with Crippen molar-refractivity contribution in [1.82, 2.24) is 15.3 Å². The molecule has 0 aromatic carbocycles. The number of hydrogen-bond acceptors (Lipinski definition) is 4. The van der Waals surface area contributed by atoms with Crippen LogP contribution < -0.4 is 5.32 Å². The predicted molar refractivity (Wildman–Crippen MR) is 80.8 cm³/mol. The van der Waals surface area contributed by atoms with Gasteiger partial charge < -0.3 is 10.1 Å². The van der Waals surface area contributed by atoms with E-state index >= 15 is 0 Å². The molecule has 1 heterocycles. The van der Waals surface area contributed by atoms with Gasteiger partial charge in [-0.3, -0.25) is 0 Å². The van der Waals surface area contributed by atoms with E-state index in [1.165, 1.54) is 18.4 Å². The van der Waals surface area contributed by atoms with E-state index in [1.807, 2.05) is 0 Å². The molecular formula is C16H27N3O. The summed E-state index contributed by atoms with van der Waals surface area (Å²) in [4.78, 5) is 9.42. The summed E-state index contributed by atoms with van der Waals surface area (Å²) in [5.74, 6) is 1.50. The van der Waals surface area contributed by atoms with Gasteiger partial charge in [-0.05, 0) is 64.1 Å². The van der Waals surface area contributed by atoms with E-state index in [0.29, 0.717) is 5.92 Å². The topological polar surface area (TPSA) is 47.0 Å². The van der Waals surface area contributed by atoms with E-state index in [9.17, 15) is 0 Å². The van der Waals surface area contributed by atoms with Crippen LogP contribution >= 0.6 is 0 Å². The Morgan fingerprint density at radius 1 is 1.25 bits per heavy atom. The van der Waals surface area contributed by atoms with Crippen molar-refractivity contribution in [3.63, 3.8) is 0 Å². The molecule has 2 rings (SSSR count). The van der Waals surface area contributed by atoms with Crippen LogP contribution in [0, 0.1) is 19.8 Å². The van der Waals surface area contributed by atoms with Crippen LogP contribution in [0.3, 0.4) is 0 Å². The molecule has 1 unspecified atom stereocenters. The lowest BCUT2D eigenvalue weighted by Gasteiger charge is -2.16. The van der Waals surface area contributed by atoms with Crippen molar-refractivity contribution in [2.75, 3.05) is 20.2 Å². The molecule has 1 N–H and O–H groups in total. The Labute approximate surface area is 122 Å². The first-order valence-corrected chi connectivity index (χ1v) is 7.74. The van der Waals surface area contributed by atoms with E-state index in [4.69, 9.17) is 14.7 Å². The molecule has 1 atom stereocenters. The summed E-state index contributed by atoms with van der Waals surface area (Å²) in [5.41, 5.74) is 3.54. The maximum atomic E-state index is 5.59. The summed E-state index contributed by atoms with van der Waals surface area (Å²) in [5, 5.41) is 3.36. The van der Waals surface area contributed by atoms with Gasteiger partial charge in [0.15, 0.2) is 5.82 Å². The number of nitrogens with zero attached hydrogens (tertiary/aromatic N) is 2. The zero-order chi connectivity index (χ0) is 14.5. The Bertz CT molecular complexity index is 420. The second-order valence-corrected chi connectivity index (χ2v) is 5.68. The van der Waals surface area contributed by atoms with Gasteiger partial charge in [-0.15, -0.1) is 0 Å². The largest absolute Gasteiger partial charge is 0.373 e. The fraction of sp³-hybridized carbons (Fsp3) is 0.750. The van der Waals surface area contributed by atoms with Crippen LogP contribution in [-0.2, 0) is 11.2 Å². The van der Waals surface area contributed by atoms with Crippen molar-refractivity contribution in [3.8, 4) is 0 Å². The number of aromatic nitrogens is 2. The van der Waals surface area contributed by atoms with Crippen molar-refractivity contribution in [2.24, 2.45) is 5.92 Å². The van der Waals surface area contributed by atoms with Crippen LogP contribution in [-0.4, -0.2) is 30.2 Å². The van der Waals surface area contributed by atoms with E-state index in [2.05, 4.69) is 26.1 Å². The highest BCUT2D eigenvalue weighted by Gasteiger charge is 2.34. The number of hydrogen-bond donors (Lipinski definition) is 1. The molecule has 112 valence electrons. The van der Waals surface area contributed by atoms with Crippen molar-refractivity contribution in [1.29, 1.82) is 0 Å². The average Bonchev–Trinajstić information content (AvgIpc) is 3.22. The van der Waals surface area contributed by atoms with Gasteiger partial charge in [-0.25, -0.2) is 9.97 Å². The molecule has 0 spiro atoms. The molecule has 1 aromatic rings. The number of ether oxygens (including phenoxy) is 1. The SMILES string of the molecule is CCNCCCc1c(C)nc(C(OC)C2CC2)nc1C. The van der Waals surface area contributed by atoms with Crippen LogP contribution in [0.15, 0.2) is 0 Å². The van der Waals surface area contributed by atoms with Gasteiger partial charge in [-0.2, -0.15) is 0 Å².